The van der Waals surface area contributed by atoms with Gasteiger partial charge in [-0.25, -0.2) is 9.78 Å². The minimum atomic E-state index is -0.358. The van der Waals surface area contributed by atoms with Crippen molar-refractivity contribution in [3.8, 4) is 0 Å². The Hall–Kier alpha value is -2.28. The predicted octanol–water partition coefficient (Wildman–Crippen LogP) is 3.09. The maximum absolute atomic E-state index is 12.2. The van der Waals surface area contributed by atoms with Gasteiger partial charge in [-0.05, 0) is 18.1 Å². The molecule has 2 heterocycles. The van der Waals surface area contributed by atoms with Gasteiger partial charge in [0.2, 0.25) is 0 Å². The second-order valence-electron chi connectivity index (χ2n) is 4.64. The fourth-order valence-electron chi connectivity index (χ4n) is 1.77. The summed E-state index contributed by atoms with van der Waals surface area (Å²) in [6.45, 7) is 4.17. The van der Waals surface area contributed by atoms with Gasteiger partial charge in [-0.15, -0.1) is 16.4 Å². The lowest BCUT2D eigenvalue weighted by atomic mass is 10.2. The summed E-state index contributed by atoms with van der Waals surface area (Å²) < 4.78 is 1.24. The van der Waals surface area contributed by atoms with Gasteiger partial charge in [0.05, 0.1) is 5.52 Å². The summed E-state index contributed by atoms with van der Waals surface area (Å²) in [7, 11) is 0. The monoisotopic (exact) mass is 287 g/mol. The number of carbonyl (C=O) groups excluding carboxylic acids is 1. The van der Waals surface area contributed by atoms with E-state index in [2.05, 4.69) is 34.5 Å². The van der Waals surface area contributed by atoms with Crippen LogP contribution in [0, 0.1) is 0 Å². The predicted molar refractivity (Wildman–Crippen MR) is 78.1 cm³/mol. The number of nitrogens with one attached hydrogen (secondary N) is 1. The normalized spacial score (nSPS) is 11.2. The van der Waals surface area contributed by atoms with Gasteiger partial charge < -0.3 is 0 Å². The first-order chi connectivity index (χ1) is 9.65. The Bertz CT molecular complexity index is 761. The van der Waals surface area contributed by atoms with Crippen LogP contribution in [-0.2, 0) is 0 Å². The molecule has 1 aromatic carbocycles. The van der Waals surface area contributed by atoms with Crippen LogP contribution in [0.1, 0.15) is 24.6 Å². The fraction of sp³-hybridized carbons (Fsp3) is 0.231. The number of nitrogens with zero attached hydrogens (tertiary/aromatic N) is 4. The Labute approximate surface area is 119 Å². The highest BCUT2D eigenvalue weighted by Gasteiger charge is 2.14. The zero-order chi connectivity index (χ0) is 14.1. The Morgan fingerprint density at radius 1 is 1.35 bits per heavy atom. The van der Waals surface area contributed by atoms with Crippen LogP contribution in [0.3, 0.4) is 0 Å². The quantitative estimate of drug-likeness (QED) is 0.786. The number of para-hydroxylation sites is 1. The van der Waals surface area contributed by atoms with Crippen molar-refractivity contribution in [3.63, 3.8) is 0 Å². The maximum Gasteiger partial charge on any atom is 0.350 e. The highest BCUT2D eigenvalue weighted by atomic mass is 32.1. The molecule has 0 spiro atoms. The van der Waals surface area contributed by atoms with Gasteiger partial charge in [0.1, 0.15) is 5.52 Å². The SMILES string of the molecule is CC(C)c1cnc(NC(=O)n2nnc3ccccc32)s1. The molecule has 0 atom stereocenters. The summed E-state index contributed by atoms with van der Waals surface area (Å²) in [6.07, 6.45) is 1.78. The minimum Gasteiger partial charge on any atom is -0.282 e. The Morgan fingerprint density at radius 2 is 2.15 bits per heavy atom. The lowest BCUT2D eigenvalue weighted by molar-refractivity contribution is 0.251. The van der Waals surface area contributed by atoms with Crippen LogP contribution in [0.25, 0.3) is 11.0 Å². The number of benzene rings is 1. The maximum atomic E-state index is 12.2. The van der Waals surface area contributed by atoms with Gasteiger partial charge in [0.15, 0.2) is 5.13 Å². The molecule has 3 aromatic rings. The van der Waals surface area contributed by atoms with E-state index in [-0.39, 0.29) is 6.03 Å². The van der Waals surface area contributed by atoms with Crippen LogP contribution in [0.15, 0.2) is 30.5 Å². The van der Waals surface area contributed by atoms with Gasteiger partial charge in [-0.2, -0.15) is 4.68 Å². The smallest absolute Gasteiger partial charge is 0.282 e. The molecule has 3 rings (SSSR count). The van der Waals surface area contributed by atoms with Crippen LogP contribution in [0.5, 0.6) is 0 Å². The number of hydrogen-bond donors (Lipinski definition) is 1. The highest BCUT2D eigenvalue weighted by Crippen LogP contribution is 2.25. The molecule has 0 saturated heterocycles. The molecule has 0 fully saturated rings. The topological polar surface area (TPSA) is 72.7 Å². The highest BCUT2D eigenvalue weighted by molar-refractivity contribution is 7.15. The van der Waals surface area contributed by atoms with Crippen LogP contribution < -0.4 is 5.32 Å². The van der Waals surface area contributed by atoms with Crippen molar-refractivity contribution in [2.24, 2.45) is 0 Å². The molecule has 0 radical (unpaired) electrons. The van der Waals surface area contributed by atoms with E-state index in [4.69, 9.17) is 0 Å². The van der Waals surface area contributed by atoms with Crippen molar-refractivity contribution >= 4 is 33.5 Å². The molecule has 2 aromatic heterocycles. The number of thiazole rings is 1. The van der Waals surface area contributed by atoms with E-state index in [1.165, 1.54) is 16.0 Å². The molecule has 0 saturated carbocycles. The van der Waals surface area contributed by atoms with E-state index >= 15 is 0 Å². The summed E-state index contributed by atoms with van der Waals surface area (Å²) in [4.78, 5) is 17.5. The molecule has 0 unspecified atom stereocenters. The van der Waals surface area contributed by atoms with Crippen LogP contribution in [-0.4, -0.2) is 26.0 Å². The van der Waals surface area contributed by atoms with Crippen LogP contribution in [0.4, 0.5) is 9.93 Å². The summed E-state index contributed by atoms with van der Waals surface area (Å²) in [5.41, 5.74) is 1.36. The van der Waals surface area contributed by atoms with Crippen molar-refractivity contribution in [2.45, 2.75) is 19.8 Å². The van der Waals surface area contributed by atoms with Gasteiger partial charge in [0.25, 0.3) is 0 Å². The molecule has 102 valence electrons. The summed E-state index contributed by atoms with van der Waals surface area (Å²) in [5.74, 6) is 0.394. The molecule has 7 heteroatoms. The second-order valence-corrected chi connectivity index (χ2v) is 5.70. The number of fused-ring (bicyclic) bond motifs is 1. The van der Waals surface area contributed by atoms with Crippen molar-refractivity contribution in [1.82, 2.24) is 20.0 Å². The molecule has 0 bridgehead atoms. The van der Waals surface area contributed by atoms with Crippen molar-refractivity contribution in [2.75, 3.05) is 5.32 Å². The van der Waals surface area contributed by atoms with Crippen molar-refractivity contribution in [3.05, 3.63) is 35.3 Å². The Balaban J connectivity index is 1.85. The van der Waals surface area contributed by atoms with Crippen molar-refractivity contribution in [1.29, 1.82) is 0 Å². The van der Waals surface area contributed by atoms with E-state index in [1.807, 2.05) is 18.2 Å². The minimum absolute atomic E-state index is 0.358. The first kappa shape index (κ1) is 12.7. The van der Waals surface area contributed by atoms with Crippen LogP contribution >= 0.6 is 11.3 Å². The Morgan fingerprint density at radius 3 is 2.90 bits per heavy atom. The van der Waals surface area contributed by atoms with E-state index in [9.17, 15) is 4.79 Å². The van der Waals surface area contributed by atoms with Gasteiger partial charge in [-0.3, -0.25) is 5.32 Å². The summed E-state index contributed by atoms with van der Waals surface area (Å²) in [6, 6.07) is 6.95. The standard InChI is InChI=1S/C13H13N5OS/c1-8(2)11-7-14-12(20-11)15-13(19)18-10-6-4-3-5-9(10)16-17-18/h3-8H,1-2H3,(H,14,15,19). The third-order valence-corrected chi connectivity index (χ3v) is 4.06. The molecule has 20 heavy (non-hydrogen) atoms. The molecular weight excluding hydrogens is 274 g/mol. The van der Waals surface area contributed by atoms with Crippen LogP contribution in [0.2, 0.25) is 0 Å². The zero-order valence-corrected chi connectivity index (χ0v) is 11.9. The first-order valence-electron chi connectivity index (χ1n) is 6.22. The number of amides is 1. The number of rotatable bonds is 2. The third kappa shape index (κ3) is 2.27. The van der Waals surface area contributed by atoms with Gasteiger partial charge in [-0.1, -0.05) is 31.2 Å². The van der Waals surface area contributed by atoms with Crippen molar-refractivity contribution < 1.29 is 4.79 Å². The summed E-state index contributed by atoms with van der Waals surface area (Å²) >= 11 is 1.47. The average molecular weight is 287 g/mol. The first-order valence-corrected chi connectivity index (χ1v) is 7.04. The van der Waals surface area contributed by atoms with Gasteiger partial charge >= 0.3 is 6.03 Å². The molecule has 0 aliphatic heterocycles. The van der Waals surface area contributed by atoms with E-state index in [0.717, 1.165) is 4.88 Å². The fourth-order valence-corrected chi connectivity index (χ4v) is 2.58. The van der Waals surface area contributed by atoms with E-state index in [0.29, 0.717) is 22.1 Å². The van der Waals surface area contributed by atoms with Gasteiger partial charge in [0, 0.05) is 11.1 Å². The molecule has 6 nitrogen and oxygen atoms in total. The van der Waals surface area contributed by atoms with E-state index < -0.39 is 0 Å². The number of anilines is 1. The number of hydrogen-bond acceptors (Lipinski definition) is 5. The second kappa shape index (κ2) is 5.01. The zero-order valence-electron chi connectivity index (χ0n) is 11.1. The average Bonchev–Trinajstić information content (AvgIpc) is 3.04. The Kier molecular flexibility index (Phi) is 3.19. The summed E-state index contributed by atoms with van der Waals surface area (Å²) in [5, 5.41) is 11.1. The number of carbonyl (C=O) groups is 1. The third-order valence-electron chi connectivity index (χ3n) is 2.85. The van der Waals surface area contributed by atoms with E-state index in [1.54, 1.807) is 12.3 Å². The molecule has 1 amide bonds. The number of aromatic nitrogens is 4. The largest absolute Gasteiger partial charge is 0.350 e. The molecule has 0 aliphatic rings. The molecular formula is C13H13N5OS. The lowest BCUT2D eigenvalue weighted by Gasteiger charge is -2.01. The molecule has 0 aliphatic carbocycles. The molecule has 1 N–H and O–H groups in total. The lowest BCUT2D eigenvalue weighted by Crippen LogP contribution is -2.20.